The van der Waals surface area contributed by atoms with Crippen molar-refractivity contribution in [3.05, 3.63) is 29.8 Å². The molecule has 0 amide bonds. The standard InChI is InChI=1S/C17H30N2O4S/c1-13(2)19(16(12-21)6-4-5-14(3)18)24(22,23)17-9-7-15(11-20)8-10-17/h7-10,13-14,16,20-21H,4-6,11-12,18H2,1-3H3/t14-,16-/m0/s1. The SMILES string of the molecule is CC(C)N([C@H](CO)CCC[C@H](C)N)S(=O)(=O)c1ccc(CO)cc1. The molecule has 0 bridgehead atoms. The first-order chi connectivity index (χ1) is 11.2. The summed E-state index contributed by atoms with van der Waals surface area (Å²) in [5, 5.41) is 18.8. The molecule has 2 atom stereocenters. The number of aliphatic hydroxyl groups excluding tert-OH is 2. The van der Waals surface area contributed by atoms with E-state index in [-0.39, 0.29) is 30.2 Å². The van der Waals surface area contributed by atoms with Crippen LogP contribution in [-0.4, -0.2) is 47.7 Å². The van der Waals surface area contributed by atoms with E-state index < -0.39 is 16.1 Å². The highest BCUT2D eigenvalue weighted by atomic mass is 32.2. The Morgan fingerprint density at radius 3 is 2.08 bits per heavy atom. The van der Waals surface area contributed by atoms with Crippen molar-refractivity contribution in [2.75, 3.05) is 6.61 Å². The highest BCUT2D eigenvalue weighted by molar-refractivity contribution is 7.89. The molecule has 0 saturated heterocycles. The van der Waals surface area contributed by atoms with Crippen LogP contribution in [0.2, 0.25) is 0 Å². The molecular weight excluding hydrogens is 328 g/mol. The summed E-state index contributed by atoms with van der Waals surface area (Å²) >= 11 is 0. The van der Waals surface area contributed by atoms with Crippen molar-refractivity contribution in [3.63, 3.8) is 0 Å². The van der Waals surface area contributed by atoms with Crippen LogP contribution < -0.4 is 5.73 Å². The lowest BCUT2D eigenvalue weighted by Crippen LogP contribution is -2.46. The first kappa shape index (κ1) is 21.1. The van der Waals surface area contributed by atoms with Gasteiger partial charge in [0, 0.05) is 18.1 Å². The van der Waals surface area contributed by atoms with E-state index in [4.69, 9.17) is 10.8 Å². The van der Waals surface area contributed by atoms with Gasteiger partial charge in [-0.15, -0.1) is 0 Å². The first-order valence-electron chi connectivity index (χ1n) is 8.33. The summed E-state index contributed by atoms with van der Waals surface area (Å²) in [5.74, 6) is 0. The molecule has 138 valence electrons. The van der Waals surface area contributed by atoms with E-state index in [1.165, 1.54) is 16.4 Å². The number of sulfonamides is 1. The molecule has 0 heterocycles. The van der Waals surface area contributed by atoms with E-state index in [1.807, 2.05) is 6.92 Å². The van der Waals surface area contributed by atoms with E-state index in [0.717, 1.165) is 12.8 Å². The largest absolute Gasteiger partial charge is 0.395 e. The van der Waals surface area contributed by atoms with Crippen LogP contribution >= 0.6 is 0 Å². The van der Waals surface area contributed by atoms with Crippen LogP contribution in [0.4, 0.5) is 0 Å². The van der Waals surface area contributed by atoms with Crippen LogP contribution in [0.25, 0.3) is 0 Å². The van der Waals surface area contributed by atoms with E-state index >= 15 is 0 Å². The van der Waals surface area contributed by atoms with Gasteiger partial charge >= 0.3 is 0 Å². The quantitative estimate of drug-likeness (QED) is 0.587. The second-order valence-corrected chi connectivity index (χ2v) is 8.32. The molecule has 0 fully saturated rings. The van der Waals surface area contributed by atoms with Crippen molar-refractivity contribution in [1.29, 1.82) is 0 Å². The lowest BCUT2D eigenvalue weighted by Gasteiger charge is -2.33. The van der Waals surface area contributed by atoms with E-state index in [9.17, 15) is 13.5 Å². The maximum Gasteiger partial charge on any atom is 0.243 e. The molecule has 0 aromatic heterocycles. The van der Waals surface area contributed by atoms with Gasteiger partial charge in [-0.05, 0) is 51.3 Å². The van der Waals surface area contributed by atoms with Crippen molar-refractivity contribution in [2.24, 2.45) is 5.73 Å². The number of nitrogens with two attached hydrogens (primary N) is 1. The Kier molecular flexibility index (Phi) is 8.32. The molecule has 0 aliphatic carbocycles. The fraction of sp³-hybridized carbons (Fsp3) is 0.647. The van der Waals surface area contributed by atoms with Gasteiger partial charge in [0.2, 0.25) is 10.0 Å². The summed E-state index contributed by atoms with van der Waals surface area (Å²) in [4.78, 5) is 0.166. The van der Waals surface area contributed by atoms with Gasteiger partial charge < -0.3 is 15.9 Å². The van der Waals surface area contributed by atoms with Gasteiger partial charge in [-0.25, -0.2) is 8.42 Å². The maximum absolute atomic E-state index is 13.0. The van der Waals surface area contributed by atoms with Crippen molar-refractivity contribution in [1.82, 2.24) is 4.31 Å². The maximum atomic E-state index is 13.0. The van der Waals surface area contributed by atoms with Gasteiger partial charge in [-0.3, -0.25) is 0 Å². The lowest BCUT2D eigenvalue weighted by molar-refractivity contribution is 0.157. The summed E-state index contributed by atoms with van der Waals surface area (Å²) < 4.78 is 27.4. The summed E-state index contributed by atoms with van der Waals surface area (Å²) in [6, 6.07) is 5.47. The first-order valence-corrected chi connectivity index (χ1v) is 9.77. The molecule has 0 unspecified atom stereocenters. The van der Waals surface area contributed by atoms with E-state index in [0.29, 0.717) is 12.0 Å². The van der Waals surface area contributed by atoms with Gasteiger partial charge in [-0.1, -0.05) is 18.6 Å². The molecule has 24 heavy (non-hydrogen) atoms. The Balaban J connectivity index is 3.05. The molecule has 0 saturated carbocycles. The summed E-state index contributed by atoms with van der Waals surface area (Å²) in [7, 11) is -3.73. The van der Waals surface area contributed by atoms with Gasteiger partial charge in [0.25, 0.3) is 0 Å². The molecule has 0 spiro atoms. The third kappa shape index (κ3) is 5.53. The number of hydrogen-bond acceptors (Lipinski definition) is 5. The topological polar surface area (TPSA) is 104 Å². The Hall–Kier alpha value is -0.990. The molecule has 7 heteroatoms. The molecule has 1 rings (SSSR count). The van der Waals surface area contributed by atoms with Crippen LogP contribution in [0.1, 0.15) is 45.6 Å². The van der Waals surface area contributed by atoms with Crippen LogP contribution in [0.15, 0.2) is 29.2 Å². The van der Waals surface area contributed by atoms with Crippen molar-refractivity contribution < 1.29 is 18.6 Å². The van der Waals surface area contributed by atoms with Gasteiger partial charge in [0.15, 0.2) is 0 Å². The summed E-state index contributed by atoms with van der Waals surface area (Å²) in [6.07, 6.45) is 2.10. The van der Waals surface area contributed by atoms with Crippen LogP contribution in [0.3, 0.4) is 0 Å². The summed E-state index contributed by atoms with van der Waals surface area (Å²) in [5.41, 5.74) is 6.40. The normalized spacial score (nSPS) is 15.0. The second-order valence-electron chi connectivity index (χ2n) is 6.48. The van der Waals surface area contributed by atoms with Crippen molar-refractivity contribution in [3.8, 4) is 0 Å². The third-order valence-electron chi connectivity index (χ3n) is 3.96. The Bertz CT molecular complexity index is 585. The zero-order valence-electron chi connectivity index (χ0n) is 14.7. The van der Waals surface area contributed by atoms with Crippen molar-refractivity contribution >= 4 is 10.0 Å². The number of nitrogens with zero attached hydrogens (tertiary/aromatic N) is 1. The average molecular weight is 359 g/mol. The minimum Gasteiger partial charge on any atom is -0.395 e. The number of rotatable bonds is 10. The fourth-order valence-corrected chi connectivity index (χ4v) is 4.60. The van der Waals surface area contributed by atoms with Crippen LogP contribution in [0, 0.1) is 0 Å². The minimum atomic E-state index is -3.73. The predicted octanol–water partition coefficient (Wildman–Crippen LogP) is 1.46. The molecule has 6 nitrogen and oxygen atoms in total. The Morgan fingerprint density at radius 2 is 1.67 bits per heavy atom. The summed E-state index contributed by atoms with van der Waals surface area (Å²) in [6.45, 7) is 5.14. The molecule has 1 aromatic rings. The second kappa shape index (κ2) is 9.48. The predicted molar refractivity (Wildman–Crippen MR) is 94.9 cm³/mol. The van der Waals surface area contributed by atoms with Gasteiger partial charge in [-0.2, -0.15) is 4.31 Å². The van der Waals surface area contributed by atoms with Gasteiger partial charge in [0.1, 0.15) is 0 Å². The molecule has 1 aromatic carbocycles. The minimum absolute atomic E-state index is 0.0551. The highest BCUT2D eigenvalue weighted by Gasteiger charge is 2.33. The fourth-order valence-electron chi connectivity index (χ4n) is 2.76. The average Bonchev–Trinajstić information content (AvgIpc) is 2.52. The van der Waals surface area contributed by atoms with E-state index in [2.05, 4.69) is 0 Å². The van der Waals surface area contributed by atoms with Crippen LogP contribution in [-0.2, 0) is 16.6 Å². The lowest BCUT2D eigenvalue weighted by atomic mass is 10.1. The monoisotopic (exact) mass is 358 g/mol. The van der Waals surface area contributed by atoms with E-state index in [1.54, 1.807) is 26.0 Å². The Morgan fingerprint density at radius 1 is 1.08 bits per heavy atom. The zero-order chi connectivity index (χ0) is 18.3. The third-order valence-corrected chi connectivity index (χ3v) is 6.10. The molecular formula is C17H30N2O4S. The van der Waals surface area contributed by atoms with Crippen molar-refractivity contribution in [2.45, 2.75) is 69.7 Å². The van der Waals surface area contributed by atoms with Crippen LogP contribution in [0.5, 0.6) is 0 Å². The van der Waals surface area contributed by atoms with Gasteiger partial charge in [0.05, 0.1) is 18.1 Å². The number of benzene rings is 1. The molecule has 4 N–H and O–H groups in total. The zero-order valence-corrected chi connectivity index (χ0v) is 15.5. The molecule has 0 aliphatic heterocycles. The highest BCUT2D eigenvalue weighted by Crippen LogP contribution is 2.24. The number of aliphatic hydroxyl groups is 2. The molecule has 0 aliphatic rings. The Labute approximate surface area is 145 Å². The smallest absolute Gasteiger partial charge is 0.243 e. The molecule has 0 radical (unpaired) electrons. The number of hydrogen-bond donors (Lipinski definition) is 3.